The van der Waals surface area contributed by atoms with Gasteiger partial charge in [-0.2, -0.15) is 0 Å². The lowest BCUT2D eigenvalue weighted by Crippen LogP contribution is -2.30. The Morgan fingerprint density at radius 2 is 2.12 bits per heavy atom. The number of carboxylic acids is 1. The third-order valence-electron chi connectivity index (χ3n) is 2.40. The average molecular weight is 223 g/mol. The Morgan fingerprint density at radius 1 is 1.50 bits per heavy atom. The smallest absolute Gasteiger partial charge is 0.312 e. The molecule has 1 rings (SSSR count). The lowest BCUT2D eigenvalue weighted by molar-refractivity contribution is -0.148. The summed E-state index contributed by atoms with van der Waals surface area (Å²) in [7, 11) is 0. The summed E-state index contributed by atoms with van der Waals surface area (Å²) in [6.07, 6.45) is 0. The summed E-state index contributed by atoms with van der Waals surface area (Å²) in [6.45, 7) is 5.20. The van der Waals surface area contributed by atoms with Gasteiger partial charge in [-0.05, 0) is 32.4 Å². The van der Waals surface area contributed by atoms with Gasteiger partial charge in [0.25, 0.3) is 0 Å². The van der Waals surface area contributed by atoms with Gasteiger partial charge >= 0.3 is 5.97 Å². The van der Waals surface area contributed by atoms with Crippen LogP contribution in [0.2, 0.25) is 0 Å². The molecule has 0 fully saturated rings. The summed E-state index contributed by atoms with van der Waals surface area (Å²) in [5.41, 5.74) is 6.27. The molecule has 0 aliphatic heterocycles. The topological polar surface area (TPSA) is 72.5 Å². The minimum absolute atomic E-state index is 0.0946. The van der Waals surface area contributed by atoms with Crippen LogP contribution in [0.25, 0.3) is 0 Å². The molecule has 0 saturated carbocycles. The van der Waals surface area contributed by atoms with Crippen LogP contribution in [-0.2, 0) is 4.79 Å². The zero-order chi connectivity index (χ0) is 12.3. The highest BCUT2D eigenvalue weighted by Crippen LogP contribution is 2.27. The Hall–Kier alpha value is -1.71. The second-order valence-corrected chi connectivity index (χ2v) is 4.47. The lowest BCUT2D eigenvalue weighted by atomic mass is 9.95. The van der Waals surface area contributed by atoms with Crippen LogP contribution in [0.3, 0.4) is 0 Å². The summed E-state index contributed by atoms with van der Waals surface area (Å²) in [6, 6.07) is 5.44. The molecule has 0 radical (unpaired) electrons. The number of carbonyl (C=O) groups is 1. The van der Waals surface area contributed by atoms with E-state index in [-0.39, 0.29) is 6.61 Å². The predicted octanol–water partition coefficient (Wildman–Crippen LogP) is 2.07. The van der Waals surface area contributed by atoms with Gasteiger partial charge in [0.2, 0.25) is 0 Å². The molecule has 0 aromatic heterocycles. The molecule has 0 heterocycles. The Labute approximate surface area is 95.0 Å². The number of benzene rings is 1. The van der Waals surface area contributed by atoms with Gasteiger partial charge < -0.3 is 15.6 Å². The van der Waals surface area contributed by atoms with E-state index in [1.807, 2.05) is 19.1 Å². The van der Waals surface area contributed by atoms with E-state index in [4.69, 9.17) is 15.6 Å². The highest BCUT2D eigenvalue weighted by molar-refractivity contribution is 5.73. The average Bonchev–Trinajstić information content (AvgIpc) is 2.16. The number of para-hydroxylation sites is 1. The van der Waals surface area contributed by atoms with E-state index in [2.05, 4.69) is 0 Å². The largest absolute Gasteiger partial charge is 0.490 e. The lowest BCUT2D eigenvalue weighted by Gasteiger charge is -2.21. The maximum absolute atomic E-state index is 10.9. The van der Waals surface area contributed by atoms with Crippen molar-refractivity contribution >= 4 is 11.7 Å². The quantitative estimate of drug-likeness (QED) is 0.766. The molecule has 4 heteroatoms. The molecule has 0 aliphatic rings. The van der Waals surface area contributed by atoms with E-state index in [1.165, 1.54) is 0 Å². The van der Waals surface area contributed by atoms with Crippen LogP contribution in [-0.4, -0.2) is 17.7 Å². The molecule has 0 spiro atoms. The molecule has 0 amide bonds. The summed E-state index contributed by atoms with van der Waals surface area (Å²) >= 11 is 0. The Bertz CT molecular complexity index is 379. The van der Waals surface area contributed by atoms with Crippen molar-refractivity contribution < 1.29 is 14.6 Å². The fraction of sp³-hybridized carbons (Fsp3) is 0.417. The Kier molecular flexibility index (Phi) is 3.42. The maximum atomic E-state index is 10.9. The van der Waals surface area contributed by atoms with E-state index in [1.54, 1.807) is 19.9 Å². The molecule has 0 bridgehead atoms. The Morgan fingerprint density at radius 3 is 2.62 bits per heavy atom. The fourth-order valence-corrected chi connectivity index (χ4v) is 1.19. The first kappa shape index (κ1) is 12.4. The van der Waals surface area contributed by atoms with E-state index in [9.17, 15) is 4.79 Å². The molecule has 0 saturated heterocycles. The van der Waals surface area contributed by atoms with Gasteiger partial charge in [0.1, 0.15) is 12.4 Å². The number of hydrogen-bond acceptors (Lipinski definition) is 3. The van der Waals surface area contributed by atoms with Gasteiger partial charge in [0, 0.05) is 0 Å². The maximum Gasteiger partial charge on any atom is 0.312 e. The standard InChI is InChI=1S/C12H17NO3/c1-8-5-4-6-9(13)10(8)16-7-12(2,3)11(14)15/h4-6H,7,13H2,1-3H3,(H,14,15). The van der Waals surface area contributed by atoms with Crippen molar-refractivity contribution in [1.29, 1.82) is 0 Å². The predicted molar refractivity (Wildman–Crippen MR) is 62.5 cm³/mol. The van der Waals surface area contributed by atoms with Gasteiger partial charge in [-0.15, -0.1) is 0 Å². The monoisotopic (exact) mass is 223 g/mol. The summed E-state index contributed by atoms with van der Waals surface area (Å²) in [5, 5.41) is 8.95. The zero-order valence-electron chi connectivity index (χ0n) is 9.78. The number of hydrogen-bond donors (Lipinski definition) is 2. The van der Waals surface area contributed by atoms with Crippen LogP contribution in [0.15, 0.2) is 18.2 Å². The number of anilines is 1. The molecule has 0 atom stereocenters. The summed E-state index contributed by atoms with van der Waals surface area (Å²) in [4.78, 5) is 10.9. The molecule has 0 unspecified atom stereocenters. The third kappa shape index (κ3) is 2.66. The van der Waals surface area contributed by atoms with Gasteiger partial charge in [-0.1, -0.05) is 12.1 Å². The van der Waals surface area contributed by atoms with Crippen LogP contribution in [0.5, 0.6) is 5.75 Å². The van der Waals surface area contributed by atoms with E-state index in [0.29, 0.717) is 11.4 Å². The molecule has 16 heavy (non-hydrogen) atoms. The van der Waals surface area contributed by atoms with Crippen molar-refractivity contribution in [3.8, 4) is 5.75 Å². The van der Waals surface area contributed by atoms with Crippen molar-refractivity contribution in [3.05, 3.63) is 23.8 Å². The molecule has 1 aromatic carbocycles. The van der Waals surface area contributed by atoms with Gasteiger partial charge in [0.05, 0.1) is 11.1 Å². The van der Waals surface area contributed by atoms with Crippen molar-refractivity contribution in [1.82, 2.24) is 0 Å². The highest BCUT2D eigenvalue weighted by atomic mass is 16.5. The van der Waals surface area contributed by atoms with Crippen LogP contribution in [0.4, 0.5) is 5.69 Å². The second-order valence-electron chi connectivity index (χ2n) is 4.47. The first-order valence-corrected chi connectivity index (χ1v) is 5.06. The molecule has 3 N–H and O–H groups in total. The van der Waals surface area contributed by atoms with Gasteiger partial charge in [-0.25, -0.2) is 0 Å². The van der Waals surface area contributed by atoms with E-state index in [0.717, 1.165) is 5.56 Å². The summed E-state index contributed by atoms with van der Waals surface area (Å²) < 4.78 is 5.49. The van der Waals surface area contributed by atoms with Crippen LogP contribution >= 0.6 is 0 Å². The highest BCUT2D eigenvalue weighted by Gasteiger charge is 2.28. The van der Waals surface area contributed by atoms with Crippen LogP contribution in [0.1, 0.15) is 19.4 Å². The summed E-state index contributed by atoms with van der Waals surface area (Å²) in [5.74, 6) is -0.323. The number of ether oxygens (including phenoxy) is 1. The van der Waals surface area contributed by atoms with Crippen LogP contribution < -0.4 is 10.5 Å². The van der Waals surface area contributed by atoms with Crippen molar-refractivity contribution in [2.75, 3.05) is 12.3 Å². The molecular weight excluding hydrogens is 206 g/mol. The minimum atomic E-state index is -0.922. The minimum Gasteiger partial charge on any atom is -0.490 e. The molecule has 88 valence electrons. The molecule has 4 nitrogen and oxygen atoms in total. The van der Waals surface area contributed by atoms with Gasteiger partial charge in [-0.3, -0.25) is 4.79 Å². The number of nitrogens with two attached hydrogens (primary N) is 1. The number of nitrogen functional groups attached to an aromatic ring is 1. The first-order valence-electron chi connectivity index (χ1n) is 5.06. The molecule has 0 aliphatic carbocycles. The number of aliphatic carboxylic acids is 1. The fourth-order valence-electron chi connectivity index (χ4n) is 1.19. The number of aryl methyl sites for hydroxylation is 1. The van der Waals surface area contributed by atoms with Crippen molar-refractivity contribution in [3.63, 3.8) is 0 Å². The van der Waals surface area contributed by atoms with E-state index < -0.39 is 11.4 Å². The van der Waals surface area contributed by atoms with Crippen molar-refractivity contribution in [2.24, 2.45) is 5.41 Å². The normalized spacial score (nSPS) is 11.2. The number of carboxylic acid groups (broad SMARTS) is 1. The molecule has 1 aromatic rings. The second kappa shape index (κ2) is 4.43. The zero-order valence-corrected chi connectivity index (χ0v) is 9.78. The first-order chi connectivity index (χ1) is 7.34. The number of rotatable bonds is 4. The SMILES string of the molecule is Cc1cccc(N)c1OCC(C)(C)C(=O)O. The third-order valence-corrected chi connectivity index (χ3v) is 2.40. The van der Waals surface area contributed by atoms with Crippen molar-refractivity contribution in [2.45, 2.75) is 20.8 Å². The molecular formula is C12H17NO3. The van der Waals surface area contributed by atoms with Crippen LogP contribution in [0, 0.1) is 12.3 Å². The van der Waals surface area contributed by atoms with Gasteiger partial charge in [0.15, 0.2) is 0 Å². The Balaban J connectivity index is 2.79. The van der Waals surface area contributed by atoms with E-state index >= 15 is 0 Å².